The molecule has 1 unspecified atom stereocenters. The predicted molar refractivity (Wildman–Crippen MR) is 74.0 cm³/mol. The van der Waals surface area contributed by atoms with Crippen molar-refractivity contribution in [2.24, 2.45) is 0 Å². The first-order valence-electron chi connectivity index (χ1n) is 6.26. The van der Waals surface area contributed by atoms with Crippen LogP contribution in [0.25, 0.3) is 11.1 Å². The zero-order valence-electron chi connectivity index (χ0n) is 10.7. The molecule has 0 radical (unpaired) electrons. The van der Waals surface area contributed by atoms with Crippen LogP contribution in [0.5, 0.6) is 0 Å². The lowest BCUT2D eigenvalue weighted by molar-refractivity contribution is 0.601. The van der Waals surface area contributed by atoms with E-state index in [1.807, 2.05) is 37.6 Å². The topological polar surface area (TPSA) is 51.0 Å². The third-order valence-corrected chi connectivity index (χ3v) is 3.27. The molecule has 1 N–H and O–H groups in total. The van der Waals surface area contributed by atoms with Crippen LogP contribution in [-0.2, 0) is 0 Å². The molecular weight excluding hydrogens is 238 g/mol. The normalized spacial score (nSPS) is 12.7. The lowest BCUT2D eigenvalue weighted by Gasteiger charge is -2.17. The number of hydrogen-bond acceptors (Lipinski definition) is 4. The summed E-state index contributed by atoms with van der Waals surface area (Å²) in [6, 6.07) is 10.3. The molecule has 4 nitrogen and oxygen atoms in total. The fourth-order valence-electron chi connectivity index (χ4n) is 2.32. The average molecular weight is 253 g/mol. The molecule has 96 valence electrons. The van der Waals surface area contributed by atoms with Gasteiger partial charge in [-0.2, -0.15) is 0 Å². The highest BCUT2D eigenvalue weighted by molar-refractivity contribution is 5.73. The molecular formula is C15H15N3O. The number of likely N-dealkylation sites (N-methyl/N-ethyl adjacent to an activating group) is 1. The van der Waals surface area contributed by atoms with Gasteiger partial charge in [-0.1, -0.05) is 6.07 Å². The van der Waals surface area contributed by atoms with Crippen LogP contribution in [0.4, 0.5) is 0 Å². The van der Waals surface area contributed by atoms with E-state index >= 15 is 0 Å². The standard InChI is InChI=1S/C15H15N3O/c1-16-9-13(11-4-6-17-7-5-11)12-2-3-14-15(8-12)19-10-18-14/h2-8,10,13,16H,9H2,1H3. The van der Waals surface area contributed by atoms with Crippen LogP contribution in [0.1, 0.15) is 17.0 Å². The van der Waals surface area contributed by atoms with Crippen molar-refractivity contribution in [3.8, 4) is 0 Å². The Labute approximate surface area is 111 Å². The van der Waals surface area contributed by atoms with Crippen LogP contribution in [0.2, 0.25) is 0 Å². The van der Waals surface area contributed by atoms with Crippen LogP contribution in [0.15, 0.2) is 53.5 Å². The fourth-order valence-corrected chi connectivity index (χ4v) is 2.32. The van der Waals surface area contributed by atoms with Crippen LogP contribution >= 0.6 is 0 Å². The zero-order chi connectivity index (χ0) is 13.1. The van der Waals surface area contributed by atoms with Crippen molar-refractivity contribution < 1.29 is 4.42 Å². The van der Waals surface area contributed by atoms with Gasteiger partial charge in [0.05, 0.1) is 0 Å². The Morgan fingerprint density at radius 1 is 1.16 bits per heavy atom. The molecule has 3 aromatic rings. The molecule has 0 saturated heterocycles. The Morgan fingerprint density at radius 2 is 2.00 bits per heavy atom. The zero-order valence-corrected chi connectivity index (χ0v) is 10.7. The molecule has 0 fully saturated rings. The summed E-state index contributed by atoms with van der Waals surface area (Å²) in [5, 5.41) is 3.24. The molecule has 1 atom stereocenters. The lowest BCUT2D eigenvalue weighted by atomic mass is 9.92. The Bertz CT molecular complexity index is 663. The third-order valence-electron chi connectivity index (χ3n) is 3.27. The maximum atomic E-state index is 5.38. The first-order valence-corrected chi connectivity index (χ1v) is 6.26. The third kappa shape index (κ3) is 2.35. The summed E-state index contributed by atoms with van der Waals surface area (Å²) < 4.78 is 5.38. The lowest BCUT2D eigenvalue weighted by Crippen LogP contribution is -2.18. The van der Waals surface area contributed by atoms with Crippen LogP contribution in [0.3, 0.4) is 0 Å². The second-order valence-electron chi connectivity index (χ2n) is 4.47. The number of oxazole rings is 1. The van der Waals surface area contributed by atoms with Crippen molar-refractivity contribution in [1.82, 2.24) is 15.3 Å². The van der Waals surface area contributed by atoms with Gasteiger partial charge in [-0.25, -0.2) is 4.98 Å². The maximum Gasteiger partial charge on any atom is 0.181 e. The van der Waals surface area contributed by atoms with Gasteiger partial charge in [0.2, 0.25) is 0 Å². The summed E-state index contributed by atoms with van der Waals surface area (Å²) in [6.45, 7) is 0.865. The number of nitrogens with zero attached hydrogens (tertiary/aromatic N) is 2. The largest absolute Gasteiger partial charge is 0.443 e. The highest BCUT2D eigenvalue weighted by Gasteiger charge is 2.14. The van der Waals surface area contributed by atoms with Gasteiger partial charge >= 0.3 is 0 Å². The minimum atomic E-state index is 0.280. The van der Waals surface area contributed by atoms with Crippen molar-refractivity contribution in [3.05, 3.63) is 60.2 Å². The molecule has 2 aromatic heterocycles. The molecule has 0 aliphatic carbocycles. The number of fused-ring (bicyclic) bond motifs is 1. The molecule has 0 saturated carbocycles. The predicted octanol–water partition coefficient (Wildman–Crippen LogP) is 2.57. The number of aromatic nitrogens is 2. The number of nitrogens with one attached hydrogen (secondary N) is 1. The second-order valence-corrected chi connectivity index (χ2v) is 4.47. The fraction of sp³-hybridized carbons (Fsp3) is 0.200. The maximum absolute atomic E-state index is 5.38. The summed E-state index contributed by atoms with van der Waals surface area (Å²) in [6.07, 6.45) is 5.13. The first kappa shape index (κ1) is 11.9. The number of benzene rings is 1. The van der Waals surface area contributed by atoms with E-state index in [0.717, 1.165) is 17.6 Å². The van der Waals surface area contributed by atoms with Crippen molar-refractivity contribution in [2.45, 2.75) is 5.92 Å². The monoisotopic (exact) mass is 253 g/mol. The van der Waals surface area contributed by atoms with Gasteiger partial charge in [-0.15, -0.1) is 0 Å². The Balaban J connectivity index is 2.03. The van der Waals surface area contributed by atoms with E-state index in [1.54, 1.807) is 0 Å². The van der Waals surface area contributed by atoms with Crippen molar-refractivity contribution >= 4 is 11.1 Å². The number of hydrogen-bond donors (Lipinski definition) is 1. The minimum absolute atomic E-state index is 0.280. The van der Waals surface area contributed by atoms with Gasteiger partial charge in [-0.05, 0) is 42.4 Å². The quantitative estimate of drug-likeness (QED) is 0.776. The van der Waals surface area contributed by atoms with E-state index in [0.29, 0.717) is 0 Å². The smallest absolute Gasteiger partial charge is 0.181 e. The van der Waals surface area contributed by atoms with Crippen molar-refractivity contribution in [1.29, 1.82) is 0 Å². The summed E-state index contributed by atoms with van der Waals surface area (Å²) in [5.41, 5.74) is 4.17. The molecule has 19 heavy (non-hydrogen) atoms. The highest BCUT2D eigenvalue weighted by Crippen LogP contribution is 2.26. The summed E-state index contributed by atoms with van der Waals surface area (Å²) in [4.78, 5) is 8.22. The Morgan fingerprint density at radius 3 is 2.79 bits per heavy atom. The van der Waals surface area contributed by atoms with Gasteiger partial charge in [-0.3, -0.25) is 4.98 Å². The highest BCUT2D eigenvalue weighted by atomic mass is 16.3. The first-order chi connectivity index (χ1) is 9.38. The van der Waals surface area contributed by atoms with Gasteiger partial charge in [0, 0.05) is 24.9 Å². The average Bonchev–Trinajstić information content (AvgIpc) is 2.93. The van der Waals surface area contributed by atoms with E-state index in [4.69, 9.17) is 4.42 Å². The Hall–Kier alpha value is -2.20. The molecule has 1 aromatic carbocycles. The van der Waals surface area contributed by atoms with Crippen LogP contribution in [-0.4, -0.2) is 23.6 Å². The van der Waals surface area contributed by atoms with E-state index < -0.39 is 0 Å². The second kappa shape index (κ2) is 5.20. The molecule has 3 rings (SSSR count). The SMILES string of the molecule is CNCC(c1ccncc1)c1ccc2ncoc2c1. The molecule has 0 amide bonds. The molecule has 0 aliphatic heterocycles. The molecule has 2 heterocycles. The number of pyridine rings is 1. The molecule has 0 spiro atoms. The van der Waals surface area contributed by atoms with Crippen LogP contribution < -0.4 is 5.32 Å². The summed E-state index contributed by atoms with van der Waals surface area (Å²) >= 11 is 0. The summed E-state index contributed by atoms with van der Waals surface area (Å²) in [5.74, 6) is 0.280. The summed E-state index contributed by atoms with van der Waals surface area (Å²) in [7, 11) is 1.96. The molecule has 0 aliphatic rings. The van der Waals surface area contributed by atoms with E-state index in [9.17, 15) is 0 Å². The van der Waals surface area contributed by atoms with Gasteiger partial charge < -0.3 is 9.73 Å². The van der Waals surface area contributed by atoms with Crippen molar-refractivity contribution in [2.75, 3.05) is 13.6 Å². The van der Waals surface area contributed by atoms with Crippen molar-refractivity contribution in [3.63, 3.8) is 0 Å². The molecule has 4 heteroatoms. The van der Waals surface area contributed by atoms with Crippen LogP contribution in [0, 0.1) is 0 Å². The van der Waals surface area contributed by atoms with E-state index in [2.05, 4.69) is 27.4 Å². The van der Waals surface area contributed by atoms with E-state index in [1.165, 1.54) is 17.5 Å². The van der Waals surface area contributed by atoms with Gasteiger partial charge in [0.1, 0.15) is 5.52 Å². The molecule has 0 bridgehead atoms. The van der Waals surface area contributed by atoms with E-state index in [-0.39, 0.29) is 5.92 Å². The van der Waals surface area contributed by atoms with Gasteiger partial charge in [0.15, 0.2) is 12.0 Å². The number of rotatable bonds is 4. The minimum Gasteiger partial charge on any atom is -0.443 e. The van der Waals surface area contributed by atoms with Gasteiger partial charge in [0.25, 0.3) is 0 Å². The Kier molecular flexibility index (Phi) is 3.25.